The van der Waals surface area contributed by atoms with Crippen molar-refractivity contribution in [3.63, 3.8) is 0 Å². The molecule has 1 aromatic rings. The third kappa shape index (κ3) is 2.94. The summed E-state index contributed by atoms with van der Waals surface area (Å²) in [5.41, 5.74) is 2.72. The van der Waals surface area contributed by atoms with Crippen LogP contribution >= 0.6 is 0 Å². The summed E-state index contributed by atoms with van der Waals surface area (Å²) < 4.78 is 0. The van der Waals surface area contributed by atoms with Gasteiger partial charge >= 0.3 is 0 Å². The number of anilines is 1. The summed E-state index contributed by atoms with van der Waals surface area (Å²) in [6, 6.07) is 10.4. The molecule has 1 aliphatic carbocycles. The first-order chi connectivity index (χ1) is 9.36. The number of rotatable bonds is 4. The molecule has 3 unspecified atom stereocenters. The topological polar surface area (TPSA) is 24.1 Å². The van der Waals surface area contributed by atoms with E-state index in [2.05, 4.69) is 41.8 Å². The van der Waals surface area contributed by atoms with Gasteiger partial charge in [-0.1, -0.05) is 25.5 Å². The SMILES string of the molecule is CCc1ccc(NC2CCCC2C2CCCN2)cc1. The van der Waals surface area contributed by atoms with Crippen LogP contribution in [0.4, 0.5) is 5.69 Å². The van der Waals surface area contributed by atoms with Gasteiger partial charge in [-0.3, -0.25) is 0 Å². The van der Waals surface area contributed by atoms with E-state index in [0.717, 1.165) is 18.4 Å². The molecule has 19 heavy (non-hydrogen) atoms. The lowest BCUT2D eigenvalue weighted by Gasteiger charge is -2.27. The fourth-order valence-electron chi connectivity index (χ4n) is 3.78. The zero-order chi connectivity index (χ0) is 13.1. The van der Waals surface area contributed by atoms with Crippen LogP contribution in [0, 0.1) is 5.92 Å². The van der Waals surface area contributed by atoms with Gasteiger partial charge in [0.15, 0.2) is 0 Å². The highest BCUT2D eigenvalue weighted by atomic mass is 15.0. The second-order valence-electron chi connectivity index (χ2n) is 6.10. The second kappa shape index (κ2) is 5.96. The van der Waals surface area contributed by atoms with Crippen molar-refractivity contribution >= 4 is 5.69 Å². The molecule has 1 saturated carbocycles. The van der Waals surface area contributed by atoms with Crippen molar-refractivity contribution in [2.24, 2.45) is 5.92 Å². The van der Waals surface area contributed by atoms with E-state index in [9.17, 15) is 0 Å². The van der Waals surface area contributed by atoms with Crippen molar-refractivity contribution in [2.75, 3.05) is 11.9 Å². The van der Waals surface area contributed by atoms with E-state index in [1.807, 2.05) is 0 Å². The smallest absolute Gasteiger partial charge is 0.0342 e. The van der Waals surface area contributed by atoms with Crippen LogP contribution in [0.2, 0.25) is 0 Å². The first-order valence-electron chi connectivity index (χ1n) is 7.95. The lowest BCUT2D eigenvalue weighted by atomic mass is 9.93. The van der Waals surface area contributed by atoms with Gasteiger partial charge in [0.2, 0.25) is 0 Å². The van der Waals surface area contributed by atoms with Crippen LogP contribution in [0.5, 0.6) is 0 Å². The van der Waals surface area contributed by atoms with E-state index in [-0.39, 0.29) is 0 Å². The first kappa shape index (κ1) is 13.0. The molecule has 1 heterocycles. The molecule has 1 aliphatic heterocycles. The maximum absolute atomic E-state index is 3.78. The summed E-state index contributed by atoms with van der Waals surface area (Å²) in [6.07, 6.45) is 7.96. The maximum Gasteiger partial charge on any atom is 0.0342 e. The largest absolute Gasteiger partial charge is 0.382 e. The Morgan fingerprint density at radius 3 is 2.63 bits per heavy atom. The van der Waals surface area contributed by atoms with Gasteiger partial charge in [-0.15, -0.1) is 0 Å². The summed E-state index contributed by atoms with van der Waals surface area (Å²) >= 11 is 0. The fraction of sp³-hybridized carbons (Fsp3) is 0.647. The van der Waals surface area contributed by atoms with Gasteiger partial charge in [0.05, 0.1) is 0 Å². The predicted molar refractivity (Wildman–Crippen MR) is 81.6 cm³/mol. The molecule has 104 valence electrons. The molecule has 1 aromatic carbocycles. The van der Waals surface area contributed by atoms with Crippen LogP contribution in [0.1, 0.15) is 44.6 Å². The molecule has 2 fully saturated rings. The van der Waals surface area contributed by atoms with Gasteiger partial charge in [0, 0.05) is 17.8 Å². The summed E-state index contributed by atoms with van der Waals surface area (Å²) in [4.78, 5) is 0. The molecule has 3 rings (SSSR count). The lowest BCUT2D eigenvalue weighted by molar-refractivity contribution is 0.376. The summed E-state index contributed by atoms with van der Waals surface area (Å²) in [5, 5.41) is 7.47. The van der Waals surface area contributed by atoms with Crippen LogP contribution < -0.4 is 10.6 Å². The Balaban J connectivity index is 1.63. The normalized spacial score (nSPS) is 30.7. The van der Waals surface area contributed by atoms with Crippen molar-refractivity contribution < 1.29 is 0 Å². The average molecular weight is 258 g/mol. The van der Waals surface area contributed by atoms with E-state index in [4.69, 9.17) is 0 Å². The minimum atomic E-state index is 0.670. The van der Waals surface area contributed by atoms with E-state index in [1.165, 1.54) is 49.9 Å². The monoisotopic (exact) mass is 258 g/mol. The van der Waals surface area contributed by atoms with Crippen LogP contribution in [0.15, 0.2) is 24.3 Å². The molecule has 0 bridgehead atoms. The minimum absolute atomic E-state index is 0.670. The molecule has 1 saturated heterocycles. The highest BCUT2D eigenvalue weighted by molar-refractivity contribution is 5.45. The number of nitrogens with one attached hydrogen (secondary N) is 2. The van der Waals surface area contributed by atoms with E-state index in [1.54, 1.807) is 0 Å². The molecule has 2 N–H and O–H groups in total. The number of aryl methyl sites for hydroxylation is 1. The number of hydrogen-bond donors (Lipinski definition) is 2. The third-order valence-corrected chi connectivity index (χ3v) is 4.90. The molecule has 2 aliphatic rings. The average Bonchev–Trinajstić information content (AvgIpc) is 3.10. The molecule has 2 heteroatoms. The van der Waals surface area contributed by atoms with Crippen LogP contribution in [-0.4, -0.2) is 18.6 Å². The summed E-state index contributed by atoms with van der Waals surface area (Å²) in [5.74, 6) is 0.827. The Labute approximate surface area is 117 Å². The molecule has 0 radical (unpaired) electrons. The Hall–Kier alpha value is -1.02. The quantitative estimate of drug-likeness (QED) is 0.862. The van der Waals surface area contributed by atoms with Gasteiger partial charge in [0.1, 0.15) is 0 Å². The molecule has 0 aromatic heterocycles. The van der Waals surface area contributed by atoms with Crippen molar-refractivity contribution in [2.45, 2.75) is 57.5 Å². The Morgan fingerprint density at radius 1 is 1.11 bits per heavy atom. The van der Waals surface area contributed by atoms with E-state index >= 15 is 0 Å². The van der Waals surface area contributed by atoms with Crippen molar-refractivity contribution in [3.8, 4) is 0 Å². The fourth-order valence-corrected chi connectivity index (χ4v) is 3.78. The first-order valence-corrected chi connectivity index (χ1v) is 7.95. The Morgan fingerprint density at radius 2 is 1.95 bits per heavy atom. The van der Waals surface area contributed by atoms with Crippen LogP contribution in [0.3, 0.4) is 0 Å². The van der Waals surface area contributed by atoms with Gasteiger partial charge in [0.25, 0.3) is 0 Å². The molecular formula is C17H26N2. The third-order valence-electron chi connectivity index (χ3n) is 4.90. The highest BCUT2D eigenvalue weighted by Crippen LogP contribution is 2.33. The van der Waals surface area contributed by atoms with Crippen molar-refractivity contribution in [1.29, 1.82) is 0 Å². The highest BCUT2D eigenvalue weighted by Gasteiger charge is 2.34. The standard InChI is InChI=1S/C17H26N2/c1-2-13-8-10-14(11-9-13)19-17-6-3-5-15(17)16-7-4-12-18-16/h8-11,15-19H,2-7,12H2,1H3. The van der Waals surface area contributed by atoms with Gasteiger partial charge in [-0.2, -0.15) is 0 Å². The molecule has 0 amide bonds. The van der Waals surface area contributed by atoms with E-state index in [0.29, 0.717) is 6.04 Å². The zero-order valence-electron chi connectivity index (χ0n) is 12.0. The number of benzene rings is 1. The molecular weight excluding hydrogens is 232 g/mol. The van der Waals surface area contributed by atoms with Gasteiger partial charge in [-0.25, -0.2) is 0 Å². The lowest BCUT2D eigenvalue weighted by Crippen LogP contribution is -2.38. The number of hydrogen-bond acceptors (Lipinski definition) is 2. The minimum Gasteiger partial charge on any atom is -0.382 e. The summed E-state index contributed by atoms with van der Waals surface area (Å²) in [7, 11) is 0. The molecule has 2 nitrogen and oxygen atoms in total. The predicted octanol–water partition coefficient (Wildman–Crippen LogP) is 3.58. The Kier molecular flexibility index (Phi) is 4.07. The second-order valence-corrected chi connectivity index (χ2v) is 6.10. The Bertz CT molecular complexity index is 392. The van der Waals surface area contributed by atoms with Crippen LogP contribution in [-0.2, 0) is 6.42 Å². The van der Waals surface area contributed by atoms with Crippen LogP contribution in [0.25, 0.3) is 0 Å². The molecule has 3 atom stereocenters. The summed E-state index contributed by atoms with van der Waals surface area (Å²) in [6.45, 7) is 3.43. The zero-order valence-corrected chi connectivity index (χ0v) is 12.0. The van der Waals surface area contributed by atoms with Gasteiger partial charge in [-0.05, 0) is 62.3 Å². The molecule has 0 spiro atoms. The van der Waals surface area contributed by atoms with Crippen molar-refractivity contribution in [3.05, 3.63) is 29.8 Å². The van der Waals surface area contributed by atoms with E-state index < -0.39 is 0 Å². The van der Waals surface area contributed by atoms with Gasteiger partial charge < -0.3 is 10.6 Å². The maximum atomic E-state index is 3.78. The van der Waals surface area contributed by atoms with Crippen molar-refractivity contribution in [1.82, 2.24) is 5.32 Å².